The maximum Gasteiger partial charge on any atom is 0.135 e. The minimum atomic E-state index is -0.159. The quantitative estimate of drug-likeness (QED) is 0.254. The van der Waals surface area contributed by atoms with Crippen LogP contribution in [0.15, 0.2) is 161 Å². The number of rotatable bonds is 6. The Morgan fingerprint density at radius 1 is 0.793 bits per heavy atom. The van der Waals surface area contributed by atoms with E-state index in [0.717, 1.165) is 69.1 Å². The number of fused-ring (bicyclic) bond motifs is 5. The Balaban J connectivity index is 0.961. The van der Waals surface area contributed by atoms with Crippen LogP contribution in [0, 0.1) is 29.6 Å². The summed E-state index contributed by atoms with van der Waals surface area (Å²) in [6, 6.07) is 17.6. The second kappa shape index (κ2) is 15.1. The molecule has 8 aliphatic rings. The first-order valence-corrected chi connectivity index (χ1v) is 22.5. The number of hydrogen-bond donors (Lipinski definition) is 1. The molecule has 2 aliphatic heterocycles. The molecule has 0 amide bonds. The number of allylic oxidation sites excluding steroid dienone is 14. The third-order valence-electron chi connectivity index (χ3n) is 15.0. The molecule has 58 heavy (non-hydrogen) atoms. The number of aryl methyl sites for hydroxylation is 1. The van der Waals surface area contributed by atoms with Crippen LogP contribution in [0.4, 0.5) is 0 Å². The minimum absolute atomic E-state index is 0.0479. The van der Waals surface area contributed by atoms with Gasteiger partial charge in [-0.1, -0.05) is 134 Å². The van der Waals surface area contributed by atoms with E-state index in [0.29, 0.717) is 29.6 Å². The number of benzene rings is 2. The van der Waals surface area contributed by atoms with Gasteiger partial charge in [0.15, 0.2) is 0 Å². The first-order chi connectivity index (χ1) is 28.6. The van der Waals surface area contributed by atoms with E-state index in [9.17, 15) is 0 Å². The van der Waals surface area contributed by atoms with Crippen LogP contribution in [0.2, 0.25) is 0 Å². The Labute approximate surface area is 345 Å². The summed E-state index contributed by atoms with van der Waals surface area (Å²) < 4.78 is 13.3. The van der Waals surface area contributed by atoms with Gasteiger partial charge in [0.05, 0.1) is 5.76 Å². The molecule has 11 rings (SSSR count). The van der Waals surface area contributed by atoms with E-state index in [1.54, 1.807) is 5.57 Å². The molecule has 1 aromatic heterocycles. The van der Waals surface area contributed by atoms with Crippen molar-refractivity contribution in [2.45, 2.75) is 101 Å². The fraction of sp³-hybridized carbons (Fsp3) is 0.382. The molecule has 0 radical (unpaired) electrons. The average molecular weight is 764 g/mol. The van der Waals surface area contributed by atoms with Gasteiger partial charge in [-0.15, -0.1) is 0 Å². The van der Waals surface area contributed by atoms with Gasteiger partial charge in [0.2, 0.25) is 0 Å². The molecule has 10 unspecified atom stereocenters. The average Bonchev–Trinajstić information content (AvgIpc) is 3.67. The maximum atomic E-state index is 6.84. The van der Waals surface area contributed by atoms with Gasteiger partial charge in [-0.2, -0.15) is 0 Å². The van der Waals surface area contributed by atoms with Gasteiger partial charge in [0.25, 0.3) is 0 Å². The summed E-state index contributed by atoms with van der Waals surface area (Å²) in [6.45, 7) is 2.40. The fourth-order valence-electron chi connectivity index (χ4n) is 12.3. The van der Waals surface area contributed by atoms with Gasteiger partial charge in [-0.25, -0.2) is 0 Å². The van der Waals surface area contributed by atoms with Crippen molar-refractivity contribution in [3.8, 4) is 0 Å². The van der Waals surface area contributed by atoms with Gasteiger partial charge >= 0.3 is 0 Å². The van der Waals surface area contributed by atoms with Crippen molar-refractivity contribution in [1.82, 2.24) is 5.32 Å². The summed E-state index contributed by atoms with van der Waals surface area (Å²) in [7, 11) is 0. The summed E-state index contributed by atoms with van der Waals surface area (Å²) in [6.07, 6.45) is 51.5. The molecule has 294 valence electrons. The summed E-state index contributed by atoms with van der Waals surface area (Å²) in [4.78, 5) is 0. The molecule has 3 aromatic rings. The van der Waals surface area contributed by atoms with Crippen LogP contribution < -0.4 is 5.32 Å². The van der Waals surface area contributed by atoms with Gasteiger partial charge in [0.1, 0.15) is 17.4 Å². The lowest BCUT2D eigenvalue weighted by Crippen LogP contribution is -2.54. The second-order valence-electron chi connectivity index (χ2n) is 18.4. The monoisotopic (exact) mass is 763 g/mol. The number of hydrogen-bond acceptors (Lipinski definition) is 3. The zero-order valence-electron chi connectivity index (χ0n) is 33.9. The first kappa shape index (κ1) is 36.2. The Morgan fingerprint density at radius 3 is 2.55 bits per heavy atom. The van der Waals surface area contributed by atoms with Crippen LogP contribution in [0.5, 0.6) is 0 Å². The summed E-state index contributed by atoms with van der Waals surface area (Å²) in [5.74, 6) is 4.57. The molecule has 2 aromatic carbocycles. The molecule has 0 bridgehead atoms. The molecule has 10 atom stereocenters. The van der Waals surface area contributed by atoms with Gasteiger partial charge in [0, 0.05) is 52.1 Å². The Kier molecular flexibility index (Phi) is 9.41. The van der Waals surface area contributed by atoms with Crippen molar-refractivity contribution >= 4 is 17.0 Å². The topological polar surface area (TPSA) is 34.4 Å². The lowest BCUT2D eigenvalue weighted by molar-refractivity contribution is -0.0102. The normalized spacial score (nSPS) is 34.8. The predicted octanol–water partition coefficient (Wildman–Crippen LogP) is 13.2. The van der Waals surface area contributed by atoms with Crippen molar-refractivity contribution in [3.05, 3.63) is 185 Å². The van der Waals surface area contributed by atoms with E-state index >= 15 is 0 Å². The standard InChI is InChI=1S/C55H57NO2/c1-36-24-30-43(50-34-40(37-14-4-2-5-15-37)33-49(56-50)39-27-31-45-44-18-8-11-21-51(44)57-54(45)35-39)46(32-36)38-25-28-42(29-26-38)55(41-16-6-3-7-17-41)47-19-9-12-22-52(47)58-53-23-13-10-20-48(53)55/h2,4-6,9,11-12,14,16-17,19,21-31,34-37,43,46-50,52,56H,3,7-8,10,13,15,18,20,32-33H2,1H3. The molecule has 0 spiro atoms. The molecule has 1 saturated heterocycles. The smallest absolute Gasteiger partial charge is 0.135 e. The van der Waals surface area contributed by atoms with Crippen molar-refractivity contribution in [1.29, 1.82) is 0 Å². The van der Waals surface area contributed by atoms with E-state index in [1.165, 1.54) is 45.4 Å². The highest BCUT2D eigenvalue weighted by atomic mass is 16.5. The summed E-state index contributed by atoms with van der Waals surface area (Å²) >= 11 is 0. The molecule has 0 saturated carbocycles. The van der Waals surface area contributed by atoms with Crippen LogP contribution in [0.3, 0.4) is 0 Å². The zero-order valence-corrected chi connectivity index (χ0v) is 33.9. The Morgan fingerprint density at radius 2 is 1.67 bits per heavy atom. The van der Waals surface area contributed by atoms with E-state index in [2.05, 4.69) is 158 Å². The number of furan rings is 1. The lowest BCUT2D eigenvalue weighted by Gasteiger charge is -2.55. The highest BCUT2D eigenvalue weighted by Gasteiger charge is 2.56. The van der Waals surface area contributed by atoms with E-state index < -0.39 is 0 Å². The highest BCUT2D eigenvalue weighted by molar-refractivity contribution is 5.86. The van der Waals surface area contributed by atoms with E-state index in [4.69, 9.17) is 9.15 Å². The predicted molar refractivity (Wildman–Crippen MR) is 238 cm³/mol. The van der Waals surface area contributed by atoms with Gasteiger partial charge < -0.3 is 14.5 Å². The largest absolute Gasteiger partial charge is 0.490 e. The van der Waals surface area contributed by atoms with Crippen molar-refractivity contribution < 1.29 is 9.15 Å². The highest BCUT2D eigenvalue weighted by Crippen LogP contribution is 2.59. The minimum Gasteiger partial charge on any atom is -0.490 e. The van der Waals surface area contributed by atoms with Crippen molar-refractivity contribution in [3.63, 3.8) is 0 Å². The van der Waals surface area contributed by atoms with E-state index in [-0.39, 0.29) is 29.5 Å². The first-order valence-electron chi connectivity index (χ1n) is 22.5. The lowest BCUT2D eigenvalue weighted by atomic mass is 9.52. The Hall–Kier alpha value is -4.86. The molecule has 1 fully saturated rings. The molecule has 6 aliphatic carbocycles. The van der Waals surface area contributed by atoms with Crippen LogP contribution in [-0.4, -0.2) is 12.1 Å². The van der Waals surface area contributed by atoms with Gasteiger partial charge in [-0.05, 0) is 123 Å². The summed E-state index contributed by atoms with van der Waals surface area (Å²) in [5.41, 5.74) is 9.52. The maximum absolute atomic E-state index is 6.84. The molecule has 3 heteroatoms. The molecule has 3 heterocycles. The molecular weight excluding hydrogens is 707 g/mol. The van der Waals surface area contributed by atoms with Crippen molar-refractivity contribution in [2.24, 2.45) is 29.6 Å². The zero-order chi connectivity index (χ0) is 38.6. The van der Waals surface area contributed by atoms with Crippen molar-refractivity contribution in [2.75, 3.05) is 0 Å². The SMILES string of the molecule is CC1C=CC(C2C=C(C3C=CC=CC3)CC(c3ccc4c5c(oc4c3)C=CCC5)N2)C(c2ccc(C3(C4=CCCC=C4)C4CCCC=C4OC4C=CC=CC43)cc2)C1. The second-order valence-corrected chi connectivity index (χ2v) is 18.4. The van der Waals surface area contributed by atoms with Crippen LogP contribution in [-0.2, 0) is 16.6 Å². The third kappa shape index (κ3) is 6.19. The fourth-order valence-corrected chi connectivity index (χ4v) is 12.3. The van der Waals surface area contributed by atoms with Crippen LogP contribution in [0.1, 0.15) is 105 Å². The molecule has 1 N–H and O–H groups in total. The van der Waals surface area contributed by atoms with Crippen LogP contribution in [0.25, 0.3) is 17.0 Å². The molecular formula is C55H57NO2. The summed E-state index contributed by atoms with van der Waals surface area (Å²) in [5, 5.41) is 5.53. The third-order valence-corrected chi connectivity index (χ3v) is 15.0. The van der Waals surface area contributed by atoms with Gasteiger partial charge in [-0.3, -0.25) is 0 Å². The van der Waals surface area contributed by atoms with Crippen LogP contribution >= 0.6 is 0 Å². The Bertz CT molecular complexity index is 2380. The number of nitrogens with one attached hydrogen (secondary N) is 1. The molecule has 3 nitrogen and oxygen atoms in total. The van der Waals surface area contributed by atoms with E-state index in [1.807, 2.05) is 0 Å². The number of ether oxygens (including phenoxy) is 1.